The largest absolute Gasteiger partial charge is 0.0625 e. The Morgan fingerprint density at radius 3 is 2.44 bits per heavy atom. The van der Waals surface area contributed by atoms with Gasteiger partial charge in [-0.1, -0.05) is 13.8 Å². The second-order valence-electron chi connectivity index (χ2n) is 4.43. The van der Waals surface area contributed by atoms with Gasteiger partial charge in [-0.3, -0.25) is 0 Å². The highest BCUT2D eigenvalue weighted by atomic mass is 14.5. The third-order valence-corrected chi connectivity index (χ3v) is 3.55. The summed E-state index contributed by atoms with van der Waals surface area (Å²) >= 11 is 0. The molecule has 0 aromatic rings. The topological polar surface area (TPSA) is 0 Å². The van der Waals surface area contributed by atoms with Gasteiger partial charge in [0.25, 0.3) is 0 Å². The number of fused-ring (bicyclic) bond motifs is 1. The van der Waals surface area contributed by atoms with Crippen LogP contribution in [0.2, 0.25) is 0 Å². The lowest BCUT2D eigenvalue weighted by Gasteiger charge is -2.42. The first-order chi connectivity index (χ1) is 4.21. The molecule has 0 N–H and O–H groups in total. The molecule has 0 aromatic carbocycles. The van der Waals surface area contributed by atoms with Crippen LogP contribution in [0, 0.1) is 17.3 Å². The smallest absolute Gasteiger partial charge is 0.0295 e. The van der Waals surface area contributed by atoms with Crippen molar-refractivity contribution in [3.63, 3.8) is 0 Å². The van der Waals surface area contributed by atoms with Crippen molar-refractivity contribution in [1.29, 1.82) is 0 Å². The van der Waals surface area contributed by atoms with Gasteiger partial charge in [0.05, 0.1) is 0 Å². The summed E-state index contributed by atoms with van der Waals surface area (Å²) in [6, 6.07) is 0. The van der Waals surface area contributed by atoms with Gasteiger partial charge in [-0.05, 0) is 42.9 Å². The van der Waals surface area contributed by atoms with Gasteiger partial charge < -0.3 is 0 Å². The molecule has 0 aliphatic heterocycles. The molecule has 0 heteroatoms. The van der Waals surface area contributed by atoms with Crippen LogP contribution < -0.4 is 0 Å². The van der Waals surface area contributed by atoms with Crippen LogP contribution in [0.4, 0.5) is 0 Å². The van der Waals surface area contributed by atoms with E-state index in [4.69, 9.17) is 0 Å². The molecule has 0 spiro atoms. The van der Waals surface area contributed by atoms with Crippen LogP contribution in [0.5, 0.6) is 0 Å². The summed E-state index contributed by atoms with van der Waals surface area (Å²) in [5.74, 6) is 2.15. The fourth-order valence-electron chi connectivity index (χ4n) is 2.88. The van der Waals surface area contributed by atoms with Crippen molar-refractivity contribution in [1.82, 2.24) is 0 Å². The molecule has 0 amide bonds. The van der Waals surface area contributed by atoms with Crippen LogP contribution in [0.15, 0.2) is 0 Å². The zero-order chi connectivity index (χ0) is 6.48. The molecule has 2 aliphatic rings. The lowest BCUT2D eigenvalue weighted by Crippen LogP contribution is -2.31. The quantitative estimate of drug-likeness (QED) is 0.466. The Bertz CT molecular complexity index is 128. The van der Waals surface area contributed by atoms with Gasteiger partial charge in [-0.25, -0.2) is 0 Å². The van der Waals surface area contributed by atoms with Crippen LogP contribution in [0.1, 0.15) is 39.5 Å². The first-order valence-corrected chi connectivity index (χ1v) is 4.21. The summed E-state index contributed by atoms with van der Waals surface area (Å²) in [7, 11) is 0. The average Bonchev–Trinajstić information content (AvgIpc) is 1.94. The molecule has 2 fully saturated rings. The summed E-state index contributed by atoms with van der Waals surface area (Å²) in [5.41, 5.74) is 0.805. The van der Waals surface area contributed by atoms with Gasteiger partial charge in [-0.15, -0.1) is 0 Å². The summed E-state index contributed by atoms with van der Waals surface area (Å²) in [6.45, 7) is 4.88. The molecular weight excluding hydrogens is 108 g/mol. The van der Waals surface area contributed by atoms with Crippen molar-refractivity contribution >= 4 is 0 Å². The Hall–Kier alpha value is 0. The van der Waals surface area contributed by atoms with E-state index in [1.54, 1.807) is 0 Å². The second kappa shape index (κ2) is 1.53. The third kappa shape index (κ3) is 0.653. The maximum Gasteiger partial charge on any atom is -0.0295 e. The highest BCUT2D eigenvalue weighted by Gasteiger charge is 2.48. The van der Waals surface area contributed by atoms with Gasteiger partial charge >= 0.3 is 0 Å². The number of rotatable bonds is 0. The van der Waals surface area contributed by atoms with Gasteiger partial charge in [0.2, 0.25) is 0 Å². The Labute approximate surface area is 57.6 Å². The Balaban J connectivity index is 2.12. The summed E-state index contributed by atoms with van der Waals surface area (Å²) in [6.07, 6.45) is 6.08. The standard InChI is InChI=1S/C9H16/c1-7-5-8-3-4-9(8,2)6-7/h7-8H,3-6H2,1-2H3. The minimum absolute atomic E-state index is 0.805. The summed E-state index contributed by atoms with van der Waals surface area (Å²) < 4.78 is 0. The zero-order valence-electron chi connectivity index (χ0n) is 6.48. The molecular formula is C9H16. The molecule has 0 bridgehead atoms. The molecule has 0 saturated heterocycles. The maximum absolute atomic E-state index is 2.48. The van der Waals surface area contributed by atoms with Crippen LogP contribution in [-0.2, 0) is 0 Å². The minimum Gasteiger partial charge on any atom is -0.0625 e. The van der Waals surface area contributed by atoms with E-state index in [9.17, 15) is 0 Å². The third-order valence-electron chi connectivity index (χ3n) is 3.55. The predicted octanol–water partition coefficient (Wildman–Crippen LogP) is 2.83. The SMILES string of the molecule is CC1CC2CCC2(C)C1. The molecule has 0 heterocycles. The molecule has 3 unspecified atom stereocenters. The lowest BCUT2D eigenvalue weighted by atomic mass is 9.63. The molecule has 0 nitrogen and oxygen atoms in total. The normalized spacial score (nSPS) is 56.7. The van der Waals surface area contributed by atoms with Gasteiger partial charge in [0.1, 0.15) is 0 Å². The van der Waals surface area contributed by atoms with E-state index in [1.807, 2.05) is 0 Å². The van der Waals surface area contributed by atoms with E-state index >= 15 is 0 Å². The second-order valence-corrected chi connectivity index (χ2v) is 4.43. The van der Waals surface area contributed by atoms with Crippen molar-refractivity contribution in [2.45, 2.75) is 39.5 Å². The van der Waals surface area contributed by atoms with Crippen LogP contribution in [-0.4, -0.2) is 0 Å². The predicted molar refractivity (Wildman–Crippen MR) is 39.2 cm³/mol. The molecule has 2 aliphatic carbocycles. The van der Waals surface area contributed by atoms with Crippen LogP contribution in [0.3, 0.4) is 0 Å². The van der Waals surface area contributed by atoms with Crippen molar-refractivity contribution in [2.75, 3.05) is 0 Å². The first kappa shape index (κ1) is 5.76. The van der Waals surface area contributed by atoms with E-state index in [0.717, 1.165) is 17.3 Å². The van der Waals surface area contributed by atoms with Crippen LogP contribution >= 0.6 is 0 Å². The Morgan fingerprint density at radius 2 is 2.22 bits per heavy atom. The molecule has 2 rings (SSSR count). The summed E-state index contributed by atoms with van der Waals surface area (Å²) in [5, 5.41) is 0. The van der Waals surface area contributed by atoms with E-state index in [-0.39, 0.29) is 0 Å². The van der Waals surface area contributed by atoms with E-state index in [1.165, 1.54) is 25.7 Å². The van der Waals surface area contributed by atoms with Crippen molar-refractivity contribution < 1.29 is 0 Å². The fraction of sp³-hybridized carbons (Fsp3) is 1.00. The molecule has 2 saturated carbocycles. The van der Waals surface area contributed by atoms with E-state index < -0.39 is 0 Å². The van der Waals surface area contributed by atoms with E-state index in [0.29, 0.717) is 0 Å². The van der Waals surface area contributed by atoms with Gasteiger partial charge in [0, 0.05) is 0 Å². The maximum atomic E-state index is 2.48. The Morgan fingerprint density at radius 1 is 1.44 bits per heavy atom. The average molecular weight is 124 g/mol. The minimum atomic E-state index is 0.805. The zero-order valence-corrected chi connectivity index (χ0v) is 6.48. The molecule has 3 atom stereocenters. The molecule has 9 heavy (non-hydrogen) atoms. The summed E-state index contributed by atoms with van der Waals surface area (Å²) in [4.78, 5) is 0. The molecule has 52 valence electrons. The number of hydrogen-bond acceptors (Lipinski definition) is 0. The molecule has 0 radical (unpaired) electrons. The first-order valence-electron chi connectivity index (χ1n) is 4.21. The van der Waals surface area contributed by atoms with Crippen molar-refractivity contribution in [3.05, 3.63) is 0 Å². The monoisotopic (exact) mass is 124 g/mol. The fourth-order valence-corrected chi connectivity index (χ4v) is 2.88. The van der Waals surface area contributed by atoms with Crippen LogP contribution in [0.25, 0.3) is 0 Å². The van der Waals surface area contributed by atoms with E-state index in [2.05, 4.69) is 13.8 Å². The number of hydrogen-bond donors (Lipinski definition) is 0. The molecule has 0 aromatic heterocycles. The van der Waals surface area contributed by atoms with Gasteiger partial charge in [0.15, 0.2) is 0 Å². The lowest BCUT2D eigenvalue weighted by molar-refractivity contribution is 0.0877. The highest BCUT2D eigenvalue weighted by molar-refractivity contribution is 4.98. The highest BCUT2D eigenvalue weighted by Crippen LogP contribution is 2.58. The van der Waals surface area contributed by atoms with Crippen molar-refractivity contribution in [3.8, 4) is 0 Å². The Kier molecular flexibility index (Phi) is 0.980. The van der Waals surface area contributed by atoms with Gasteiger partial charge in [-0.2, -0.15) is 0 Å². The van der Waals surface area contributed by atoms with Crippen molar-refractivity contribution in [2.24, 2.45) is 17.3 Å².